The second kappa shape index (κ2) is 6.17. The first-order chi connectivity index (χ1) is 7.58. The molecule has 0 aliphatic carbocycles. The lowest BCUT2D eigenvalue weighted by atomic mass is 10.2. The Morgan fingerprint density at radius 3 is 2.81 bits per heavy atom. The van der Waals surface area contributed by atoms with Gasteiger partial charge in [-0.3, -0.25) is 4.79 Å². The fourth-order valence-electron chi connectivity index (χ4n) is 0.981. The summed E-state index contributed by atoms with van der Waals surface area (Å²) in [4.78, 5) is 26.4. The minimum atomic E-state index is -0.498. The van der Waals surface area contributed by atoms with Crippen molar-refractivity contribution in [1.29, 1.82) is 0 Å². The second-order valence-electron chi connectivity index (χ2n) is 3.39. The van der Waals surface area contributed by atoms with Crippen LogP contribution in [0.3, 0.4) is 0 Å². The Kier molecular flexibility index (Phi) is 4.85. The molecule has 0 unspecified atom stereocenters. The highest BCUT2D eigenvalue weighted by Crippen LogP contribution is 2.05. The van der Waals surface area contributed by atoms with E-state index in [1.807, 2.05) is 0 Å². The van der Waals surface area contributed by atoms with Gasteiger partial charge in [0.05, 0.1) is 12.5 Å². The van der Waals surface area contributed by atoms with Gasteiger partial charge in [0.1, 0.15) is 5.01 Å². The van der Waals surface area contributed by atoms with Gasteiger partial charge < -0.3 is 4.74 Å². The minimum absolute atomic E-state index is 0.157. The SMILES string of the molecule is CC(C)OC(=O)/C=C/C(=O)Cc1nccs1. The van der Waals surface area contributed by atoms with Crippen molar-refractivity contribution in [2.75, 3.05) is 0 Å². The van der Waals surface area contributed by atoms with Crippen LogP contribution in [0.25, 0.3) is 0 Å². The molecule has 1 aromatic rings. The number of hydrogen-bond donors (Lipinski definition) is 0. The van der Waals surface area contributed by atoms with Crippen LogP contribution in [0.15, 0.2) is 23.7 Å². The number of carbonyl (C=O) groups excluding carboxylic acids is 2. The Hall–Kier alpha value is -1.49. The van der Waals surface area contributed by atoms with Crippen LogP contribution in [-0.4, -0.2) is 22.8 Å². The van der Waals surface area contributed by atoms with E-state index in [4.69, 9.17) is 4.74 Å². The number of rotatable bonds is 5. The molecule has 0 bridgehead atoms. The fraction of sp³-hybridized carbons (Fsp3) is 0.364. The maximum Gasteiger partial charge on any atom is 0.331 e. The zero-order chi connectivity index (χ0) is 12.0. The number of nitrogens with zero attached hydrogens (tertiary/aromatic N) is 1. The molecule has 16 heavy (non-hydrogen) atoms. The molecule has 0 aliphatic rings. The van der Waals surface area contributed by atoms with Crippen molar-refractivity contribution < 1.29 is 14.3 Å². The predicted octanol–water partition coefficient (Wildman–Crippen LogP) is 1.76. The lowest BCUT2D eigenvalue weighted by Crippen LogP contribution is -2.09. The Morgan fingerprint density at radius 1 is 1.50 bits per heavy atom. The third-order valence-electron chi connectivity index (χ3n) is 1.57. The quantitative estimate of drug-likeness (QED) is 0.580. The van der Waals surface area contributed by atoms with Gasteiger partial charge in [-0.05, 0) is 19.9 Å². The maximum absolute atomic E-state index is 11.4. The molecule has 4 nitrogen and oxygen atoms in total. The zero-order valence-corrected chi connectivity index (χ0v) is 9.99. The van der Waals surface area contributed by atoms with Crippen molar-refractivity contribution in [2.45, 2.75) is 26.4 Å². The van der Waals surface area contributed by atoms with Crippen molar-refractivity contribution in [3.05, 3.63) is 28.7 Å². The van der Waals surface area contributed by atoms with Gasteiger partial charge in [-0.15, -0.1) is 11.3 Å². The molecule has 0 amide bonds. The summed E-state index contributed by atoms with van der Waals surface area (Å²) < 4.78 is 4.84. The fourth-order valence-corrected chi connectivity index (χ4v) is 1.61. The number of allylic oxidation sites excluding steroid dienone is 1. The molecule has 1 aromatic heterocycles. The van der Waals surface area contributed by atoms with E-state index in [1.54, 1.807) is 25.4 Å². The molecule has 0 radical (unpaired) electrons. The predicted molar refractivity (Wildman–Crippen MR) is 61.2 cm³/mol. The first-order valence-corrected chi connectivity index (χ1v) is 5.76. The van der Waals surface area contributed by atoms with E-state index in [9.17, 15) is 9.59 Å². The molecule has 5 heteroatoms. The molecule has 1 heterocycles. The van der Waals surface area contributed by atoms with Crippen LogP contribution in [0.4, 0.5) is 0 Å². The molecule has 0 N–H and O–H groups in total. The Morgan fingerprint density at radius 2 is 2.25 bits per heavy atom. The van der Waals surface area contributed by atoms with E-state index >= 15 is 0 Å². The largest absolute Gasteiger partial charge is 0.460 e. The Balaban J connectivity index is 2.39. The number of aromatic nitrogens is 1. The summed E-state index contributed by atoms with van der Waals surface area (Å²) in [5.74, 6) is -0.654. The van der Waals surface area contributed by atoms with E-state index in [1.165, 1.54) is 17.4 Å². The van der Waals surface area contributed by atoms with Crippen molar-refractivity contribution in [2.24, 2.45) is 0 Å². The van der Waals surface area contributed by atoms with Crippen LogP contribution < -0.4 is 0 Å². The summed E-state index contributed by atoms with van der Waals surface area (Å²) in [6.45, 7) is 3.51. The van der Waals surface area contributed by atoms with Gasteiger partial charge in [0.2, 0.25) is 0 Å². The molecule has 0 spiro atoms. The number of hydrogen-bond acceptors (Lipinski definition) is 5. The average Bonchev–Trinajstić information content (AvgIpc) is 2.66. The third kappa shape index (κ3) is 4.84. The van der Waals surface area contributed by atoms with Crippen LogP contribution in [0.5, 0.6) is 0 Å². The zero-order valence-electron chi connectivity index (χ0n) is 9.17. The third-order valence-corrected chi connectivity index (χ3v) is 2.35. The normalized spacial score (nSPS) is 10.9. The summed E-state index contributed by atoms with van der Waals surface area (Å²) in [5.41, 5.74) is 0. The first kappa shape index (κ1) is 12.6. The summed E-state index contributed by atoms with van der Waals surface area (Å²) >= 11 is 1.41. The highest BCUT2D eigenvalue weighted by atomic mass is 32.1. The van der Waals surface area contributed by atoms with Crippen molar-refractivity contribution in [1.82, 2.24) is 4.98 Å². The van der Waals surface area contributed by atoms with Gasteiger partial charge >= 0.3 is 5.97 Å². The van der Waals surface area contributed by atoms with Crippen LogP contribution in [0, 0.1) is 0 Å². The summed E-state index contributed by atoms with van der Waals surface area (Å²) in [7, 11) is 0. The second-order valence-corrected chi connectivity index (χ2v) is 4.37. The van der Waals surface area contributed by atoms with Gasteiger partial charge in [-0.25, -0.2) is 9.78 Å². The van der Waals surface area contributed by atoms with Crippen LogP contribution in [-0.2, 0) is 20.7 Å². The van der Waals surface area contributed by atoms with E-state index < -0.39 is 5.97 Å². The number of ether oxygens (including phenoxy) is 1. The smallest absolute Gasteiger partial charge is 0.331 e. The molecule has 0 saturated heterocycles. The average molecular weight is 239 g/mol. The molecular formula is C11H13NO3S. The van der Waals surface area contributed by atoms with Gasteiger partial charge in [0.15, 0.2) is 5.78 Å². The van der Waals surface area contributed by atoms with Gasteiger partial charge in [-0.2, -0.15) is 0 Å². The van der Waals surface area contributed by atoms with Crippen LogP contribution in [0.1, 0.15) is 18.9 Å². The van der Waals surface area contributed by atoms with Crippen molar-refractivity contribution in [3.63, 3.8) is 0 Å². The summed E-state index contributed by atoms with van der Waals surface area (Å²) in [6.07, 6.45) is 4.07. The number of carbonyl (C=O) groups is 2. The molecule has 0 atom stereocenters. The van der Waals surface area contributed by atoms with E-state index in [-0.39, 0.29) is 18.3 Å². The molecule has 0 fully saturated rings. The Bertz CT molecular complexity index is 382. The molecule has 0 aliphatic heterocycles. The molecular weight excluding hydrogens is 226 g/mol. The molecule has 0 saturated carbocycles. The highest BCUT2D eigenvalue weighted by molar-refractivity contribution is 7.09. The monoisotopic (exact) mass is 239 g/mol. The summed E-state index contributed by atoms with van der Waals surface area (Å²) in [5, 5.41) is 2.55. The molecule has 0 aromatic carbocycles. The highest BCUT2D eigenvalue weighted by Gasteiger charge is 2.04. The van der Waals surface area contributed by atoms with Crippen molar-refractivity contribution >= 4 is 23.1 Å². The van der Waals surface area contributed by atoms with E-state index in [0.717, 1.165) is 11.1 Å². The topological polar surface area (TPSA) is 56.3 Å². The van der Waals surface area contributed by atoms with E-state index in [0.29, 0.717) is 0 Å². The lowest BCUT2D eigenvalue weighted by molar-refractivity contribution is -0.141. The Labute approximate surface area is 98.0 Å². The standard InChI is InChI=1S/C11H13NO3S/c1-8(2)15-11(14)4-3-9(13)7-10-12-5-6-16-10/h3-6,8H,7H2,1-2H3/b4-3+. The molecule has 1 rings (SSSR count). The van der Waals surface area contributed by atoms with E-state index in [2.05, 4.69) is 4.98 Å². The number of ketones is 1. The molecule has 86 valence electrons. The van der Waals surface area contributed by atoms with Gasteiger partial charge in [0.25, 0.3) is 0 Å². The maximum atomic E-state index is 11.4. The minimum Gasteiger partial charge on any atom is -0.460 e. The summed E-state index contributed by atoms with van der Waals surface area (Å²) in [6, 6.07) is 0. The van der Waals surface area contributed by atoms with Crippen LogP contribution >= 0.6 is 11.3 Å². The van der Waals surface area contributed by atoms with Gasteiger partial charge in [0, 0.05) is 17.7 Å². The number of thiazole rings is 1. The first-order valence-electron chi connectivity index (χ1n) is 4.88. The lowest BCUT2D eigenvalue weighted by Gasteiger charge is -2.03. The van der Waals surface area contributed by atoms with Crippen molar-refractivity contribution in [3.8, 4) is 0 Å². The number of esters is 1. The van der Waals surface area contributed by atoms with Crippen LogP contribution in [0.2, 0.25) is 0 Å². The van der Waals surface area contributed by atoms with Gasteiger partial charge in [-0.1, -0.05) is 0 Å².